The second-order valence-electron chi connectivity index (χ2n) is 6.40. The van der Waals surface area contributed by atoms with Gasteiger partial charge in [0.05, 0.1) is 17.1 Å². The summed E-state index contributed by atoms with van der Waals surface area (Å²) in [6.07, 6.45) is 2.59. The van der Waals surface area contributed by atoms with Crippen LogP contribution in [-0.2, 0) is 21.2 Å². The first-order valence-electron chi connectivity index (χ1n) is 9.04. The topological polar surface area (TPSA) is 100 Å². The minimum Gasteiger partial charge on any atom is -0.383 e. The van der Waals surface area contributed by atoms with E-state index in [4.69, 9.17) is 4.74 Å². The van der Waals surface area contributed by atoms with Crippen LogP contribution >= 0.6 is 15.9 Å². The van der Waals surface area contributed by atoms with Gasteiger partial charge in [0.1, 0.15) is 0 Å². The van der Waals surface area contributed by atoms with Gasteiger partial charge in [-0.1, -0.05) is 18.2 Å². The summed E-state index contributed by atoms with van der Waals surface area (Å²) in [6, 6.07) is 12.3. The van der Waals surface area contributed by atoms with Crippen LogP contribution in [0.4, 0.5) is 0 Å². The zero-order chi connectivity index (χ0) is 20.9. The molecule has 29 heavy (non-hydrogen) atoms. The number of sulfonamides is 1. The Hall–Kier alpha value is -2.20. The van der Waals surface area contributed by atoms with Crippen LogP contribution in [0.3, 0.4) is 0 Å². The van der Waals surface area contributed by atoms with E-state index in [-0.39, 0.29) is 29.5 Å². The molecule has 3 aromatic rings. The molecular weight excluding hydrogens is 458 g/mol. The zero-order valence-corrected chi connectivity index (χ0v) is 18.3. The third kappa shape index (κ3) is 5.24. The molecule has 0 saturated heterocycles. The summed E-state index contributed by atoms with van der Waals surface area (Å²) < 4.78 is 32.6. The lowest BCUT2D eigenvalue weighted by molar-refractivity contribution is 0.0953. The van der Waals surface area contributed by atoms with Gasteiger partial charge in [-0.2, -0.15) is 0 Å². The third-order valence-corrected chi connectivity index (χ3v) is 6.60. The van der Waals surface area contributed by atoms with Crippen molar-refractivity contribution in [2.24, 2.45) is 0 Å². The average Bonchev–Trinajstić information content (AvgIpc) is 3.11. The van der Waals surface area contributed by atoms with Gasteiger partial charge in [-0.15, -0.1) is 0 Å². The highest BCUT2D eigenvalue weighted by molar-refractivity contribution is 9.10. The Morgan fingerprint density at radius 1 is 1.17 bits per heavy atom. The Labute approximate surface area is 178 Å². The maximum Gasteiger partial charge on any atom is 0.252 e. The van der Waals surface area contributed by atoms with Crippen molar-refractivity contribution < 1.29 is 17.9 Å². The van der Waals surface area contributed by atoms with Crippen molar-refractivity contribution in [3.05, 3.63) is 64.3 Å². The van der Waals surface area contributed by atoms with Gasteiger partial charge in [-0.25, -0.2) is 13.1 Å². The molecule has 3 N–H and O–H groups in total. The van der Waals surface area contributed by atoms with E-state index >= 15 is 0 Å². The van der Waals surface area contributed by atoms with Crippen molar-refractivity contribution in [3.8, 4) is 0 Å². The van der Waals surface area contributed by atoms with Gasteiger partial charge < -0.3 is 15.0 Å². The van der Waals surface area contributed by atoms with Crippen LogP contribution in [0, 0.1) is 0 Å². The van der Waals surface area contributed by atoms with E-state index in [1.54, 1.807) is 6.07 Å². The standard InChI is InChI=1S/C20H22BrN3O4S/c1-28-11-10-24-29(26,27)15-6-7-18(21)17(12-15)20(25)22-9-8-14-13-23-19-5-3-2-4-16(14)19/h2-7,12-13,23-24H,8-11H2,1H3,(H,22,25). The largest absolute Gasteiger partial charge is 0.383 e. The molecule has 0 atom stereocenters. The lowest BCUT2D eigenvalue weighted by atomic mass is 10.1. The molecule has 0 bridgehead atoms. The summed E-state index contributed by atoms with van der Waals surface area (Å²) in [5, 5.41) is 3.98. The summed E-state index contributed by atoms with van der Waals surface area (Å²) >= 11 is 3.32. The highest BCUT2D eigenvalue weighted by Crippen LogP contribution is 2.21. The lowest BCUT2D eigenvalue weighted by Crippen LogP contribution is -2.28. The Morgan fingerprint density at radius 2 is 1.97 bits per heavy atom. The number of nitrogens with one attached hydrogen (secondary N) is 3. The zero-order valence-electron chi connectivity index (χ0n) is 15.9. The van der Waals surface area contributed by atoms with Crippen molar-refractivity contribution in [3.63, 3.8) is 0 Å². The van der Waals surface area contributed by atoms with E-state index in [0.717, 1.165) is 16.5 Å². The van der Waals surface area contributed by atoms with Crippen molar-refractivity contribution in [2.45, 2.75) is 11.3 Å². The molecule has 1 heterocycles. The van der Waals surface area contributed by atoms with Crippen LogP contribution in [0.25, 0.3) is 10.9 Å². The second kappa shape index (κ2) is 9.53. The summed E-state index contributed by atoms with van der Waals surface area (Å²) in [5.41, 5.74) is 2.42. The number of rotatable bonds is 9. The quantitative estimate of drug-likeness (QED) is 0.410. The summed E-state index contributed by atoms with van der Waals surface area (Å²) in [4.78, 5) is 15.8. The molecule has 0 aliphatic rings. The number of hydrogen-bond acceptors (Lipinski definition) is 4. The van der Waals surface area contributed by atoms with Gasteiger partial charge in [-0.05, 0) is 52.2 Å². The molecule has 154 valence electrons. The normalized spacial score (nSPS) is 11.7. The Morgan fingerprint density at radius 3 is 2.76 bits per heavy atom. The molecule has 3 rings (SSSR count). The number of methoxy groups -OCH3 is 1. The monoisotopic (exact) mass is 479 g/mol. The fourth-order valence-electron chi connectivity index (χ4n) is 2.95. The smallest absolute Gasteiger partial charge is 0.252 e. The molecule has 1 aromatic heterocycles. The van der Waals surface area contributed by atoms with Crippen LogP contribution < -0.4 is 10.0 Å². The van der Waals surface area contributed by atoms with Gasteiger partial charge in [0.15, 0.2) is 0 Å². The summed E-state index contributed by atoms with van der Waals surface area (Å²) in [7, 11) is -2.23. The van der Waals surface area contributed by atoms with Gasteiger partial charge in [0.2, 0.25) is 10.0 Å². The number of ether oxygens (including phenoxy) is 1. The number of benzene rings is 2. The first kappa shape index (κ1) is 21.5. The molecule has 9 heteroatoms. The van der Waals surface area contributed by atoms with Gasteiger partial charge in [0, 0.05) is 41.8 Å². The Kier molecular flexibility index (Phi) is 7.07. The fraction of sp³-hybridized carbons (Fsp3) is 0.250. The molecule has 0 aliphatic heterocycles. The number of halogens is 1. The summed E-state index contributed by atoms with van der Waals surface area (Å²) in [5.74, 6) is -0.342. The molecule has 1 amide bonds. The number of H-pyrrole nitrogens is 1. The van der Waals surface area contributed by atoms with Crippen LogP contribution in [0.1, 0.15) is 15.9 Å². The maximum atomic E-state index is 12.6. The molecule has 0 aliphatic carbocycles. The number of hydrogen-bond donors (Lipinski definition) is 3. The minimum atomic E-state index is -3.72. The molecule has 2 aromatic carbocycles. The molecule has 0 spiro atoms. The van der Waals surface area contributed by atoms with E-state index in [9.17, 15) is 13.2 Å². The number of aromatic amines is 1. The highest BCUT2D eigenvalue weighted by atomic mass is 79.9. The van der Waals surface area contributed by atoms with Crippen molar-refractivity contribution in [2.75, 3.05) is 26.8 Å². The predicted molar refractivity (Wildman–Crippen MR) is 116 cm³/mol. The van der Waals surface area contributed by atoms with Crippen LogP contribution in [-0.4, -0.2) is 46.1 Å². The lowest BCUT2D eigenvalue weighted by Gasteiger charge is -2.10. The second-order valence-corrected chi connectivity index (χ2v) is 9.02. The predicted octanol–water partition coefficient (Wildman–Crippen LogP) is 2.83. The highest BCUT2D eigenvalue weighted by Gasteiger charge is 2.18. The van der Waals surface area contributed by atoms with Gasteiger partial charge >= 0.3 is 0 Å². The number of amides is 1. The van der Waals surface area contributed by atoms with Crippen LogP contribution in [0.2, 0.25) is 0 Å². The summed E-state index contributed by atoms with van der Waals surface area (Å²) in [6.45, 7) is 0.841. The molecule has 0 radical (unpaired) electrons. The number of carbonyl (C=O) groups excluding carboxylic acids is 1. The van der Waals surface area contributed by atoms with Crippen molar-refractivity contribution >= 4 is 42.8 Å². The maximum absolute atomic E-state index is 12.6. The Balaban J connectivity index is 1.67. The Bertz CT molecular complexity index is 1110. The molecule has 0 unspecified atom stereocenters. The van der Waals surface area contributed by atoms with E-state index in [1.165, 1.54) is 19.2 Å². The first-order chi connectivity index (χ1) is 13.9. The van der Waals surface area contributed by atoms with Crippen LogP contribution in [0.15, 0.2) is 58.0 Å². The molecular formula is C20H22BrN3O4S. The number of carbonyl (C=O) groups is 1. The van der Waals surface area contributed by atoms with E-state index < -0.39 is 10.0 Å². The van der Waals surface area contributed by atoms with Gasteiger partial charge in [-0.3, -0.25) is 4.79 Å². The minimum absolute atomic E-state index is 0.0265. The SMILES string of the molecule is COCCNS(=O)(=O)c1ccc(Br)c(C(=O)NCCc2c[nH]c3ccccc23)c1. The number of fused-ring (bicyclic) bond motifs is 1. The third-order valence-electron chi connectivity index (χ3n) is 4.45. The molecule has 7 nitrogen and oxygen atoms in total. The number of para-hydroxylation sites is 1. The van der Waals surface area contributed by atoms with E-state index in [2.05, 4.69) is 31.0 Å². The molecule has 0 fully saturated rings. The van der Waals surface area contributed by atoms with Crippen LogP contribution in [0.5, 0.6) is 0 Å². The van der Waals surface area contributed by atoms with Gasteiger partial charge in [0.25, 0.3) is 5.91 Å². The van der Waals surface area contributed by atoms with E-state index in [1.807, 2.05) is 30.5 Å². The first-order valence-corrected chi connectivity index (χ1v) is 11.3. The van der Waals surface area contributed by atoms with E-state index in [0.29, 0.717) is 17.4 Å². The fourth-order valence-corrected chi connectivity index (χ4v) is 4.42. The van der Waals surface area contributed by atoms with Crippen molar-refractivity contribution in [1.29, 1.82) is 0 Å². The number of aromatic nitrogens is 1. The molecule has 0 saturated carbocycles. The average molecular weight is 480 g/mol. The van der Waals surface area contributed by atoms with Crippen molar-refractivity contribution in [1.82, 2.24) is 15.0 Å².